The third-order valence-corrected chi connectivity index (χ3v) is 7.68. The van der Waals surface area contributed by atoms with Crippen LogP contribution in [-0.2, 0) is 19.4 Å². The van der Waals surface area contributed by atoms with Crippen LogP contribution in [0.3, 0.4) is 0 Å². The first-order chi connectivity index (χ1) is 20.9. The number of aryl methyl sites for hydroxylation is 2. The molecule has 0 unspecified atom stereocenters. The Labute approximate surface area is 249 Å². The van der Waals surface area contributed by atoms with E-state index in [0.717, 1.165) is 56.8 Å². The predicted octanol–water partition coefficient (Wildman–Crippen LogP) is 6.43. The molecule has 3 aromatic carbocycles. The fourth-order valence-electron chi connectivity index (χ4n) is 5.34. The van der Waals surface area contributed by atoms with E-state index in [0.29, 0.717) is 31.0 Å². The molecule has 214 valence electrons. The molecule has 1 aliphatic rings. The molecule has 0 radical (unpaired) electrons. The summed E-state index contributed by atoms with van der Waals surface area (Å²) in [6.45, 7) is 4.98. The number of nitrogens with zero attached hydrogens (tertiary/aromatic N) is 5. The van der Waals surface area contributed by atoms with Gasteiger partial charge in [0.1, 0.15) is 6.33 Å². The van der Waals surface area contributed by atoms with Gasteiger partial charge in [0.2, 0.25) is 0 Å². The zero-order chi connectivity index (χ0) is 29.9. The lowest BCUT2D eigenvalue weighted by atomic mass is 9.96. The second-order valence-corrected chi connectivity index (χ2v) is 10.5. The van der Waals surface area contributed by atoms with Gasteiger partial charge in [-0.15, -0.1) is 0 Å². The van der Waals surface area contributed by atoms with E-state index in [9.17, 15) is 14.7 Å². The average molecular weight is 571 g/mol. The third-order valence-electron chi connectivity index (χ3n) is 7.68. The molecule has 3 heterocycles. The molecule has 9 nitrogen and oxygen atoms in total. The SMILES string of the molecule is CCc1cc(NC(=O)N2CCc3nc(-c4cncnc4)nc(-c4ccccc4C)c3C2)cc(-c2ccc(C(=O)O)cc2)c1. The van der Waals surface area contributed by atoms with Gasteiger partial charge in [-0.1, -0.05) is 49.4 Å². The second-order valence-electron chi connectivity index (χ2n) is 10.5. The van der Waals surface area contributed by atoms with E-state index < -0.39 is 5.97 Å². The maximum Gasteiger partial charge on any atom is 0.335 e. The van der Waals surface area contributed by atoms with Crippen LogP contribution in [0.5, 0.6) is 0 Å². The second kappa shape index (κ2) is 11.8. The molecule has 43 heavy (non-hydrogen) atoms. The number of carbonyl (C=O) groups is 2. The Morgan fingerprint density at radius 3 is 2.42 bits per heavy atom. The van der Waals surface area contributed by atoms with Crippen molar-refractivity contribution in [1.82, 2.24) is 24.8 Å². The van der Waals surface area contributed by atoms with E-state index in [4.69, 9.17) is 9.97 Å². The van der Waals surface area contributed by atoms with Crippen LogP contribution >= 0.6 is 0 Å². The number of aromatic nitrogens is 4. The number of rotatable bonds is 6. The van der Waals surface area contributed by atoms with E-state index >= 15 is 0 Å². The first kappa shape index (κ1) is 27.7. The fraction of sp³-hybridized carbons (Fsp3) is 0.176. The number of nitrogens with one attached hydrogen (secondary N) is 1. The fourth-order valence-corrected chi connectivity index (χ4v) is 5.34. The zero-order valence-corrected chi connectivity index (χ0v) is 23.9. The minimum Gasteiger partial charge on any atom is -0.478 e. The number of hydrogen-bond acceptors (Lipinski definition) is 6. The van der Waals surface area contributed by atoms with Crippen LogP contribution in [0.15, 0.2) is 85.5 Å². The van der Waals surface area contributed by atoms with Gasteiger partial charge in [0.05, 0.1) is 29.1 Å². The number of urea groups is 1. The quantitative estimate of drug-likeness (QED) is 0.241. The number of carboxylic acids is 1. The summed E-state index contributed by atoms with van der Waals surface area (Å²) in [6, 6.07) is 20.6. The van der Waals surface area contributed by atoms with Gasteiger partial charge < -0.3 is 15.3 Å². The molecule has 6 rings (SSSR count). The van der Waals surface area contributed by atoms with Crippen molar-refractivity contribution >= 4 is 17.7 Å². The van der Waals surface area contributed by atoms with Crippen LogP contribution in [0.1, 0.15) is 39.7 Å². The summed E-state index contributed by atoms with van der Waals surface area (Å²) in [5, 5.41) is 12.4. The summed E-state index contributed by atoms with van der Waals surface area (Å²) in [5.74, 6) is -0.401. The number of carbonyl (C=O) groups excluding carboxylic acids is 1. The third kappa shape index (κ3) is 5.83. The van der Waals surface area contributed by atoms with Crippen molar-refractivity contribution in [3.05, 3.63) is 113 Å². The van der Waals surface area contributed by atoms with E-state index in [1.54, 1.807) is 41.6 Å². The number of aromatic carboxylic acids is 1. The van der Waals surface area contributed by atoms with Crippen LogP contribution in [0.4, 0.5) is 10.5 Å². The highest BCUT2D eigenvalue weighted by Gasteiger charge is 2.27. The van der Waals surface area contributed by atoms with Gasteiger partial charge in [0.15, 0.2) is 5.82 Å². The zero-order valence-electron chi connectivity index (χ0n) is 23.9. The maximum absolute atomic E-state index is 13.6. The van der Waals surface area contributed by atoms with E-state index in [1.807, 2.05) is 30.3 Å². The van der Waals surface area contributed by atoms with Crippen LogP contribution in [-0.4, -0.2) is 48.5 Å². The van der Waals surface area contributed by atoms with Crippen LogP contribution in [0.25, 0.3) is 33.8 Å². The number of amides is 2. The molecule has 0 saturated heterocycles. The van der Waals surface area contributed by atoms with Gasteiger partial charge in [-0.05, 0) is 59.9 Å². The predicted molar refractivity (Wildman–Crippen MR) is 165 cm³/mol. The lowest BCUT2D eigenvalue weighted by molar-refractivity contribution is 0.0697. The average Bonchev–Trinajstić information content (AvgIpc) is 3.04. The Hall–Kier alpha value is -5.44. The van der Waals surface area contributed by atoms with E-state index in [1.165, 1.54) is 6.33 Å². The van der Waals surface area contributed by atoms with Crippen molar-refractivity contribution in [3.8, 4) is 33.8 Å². The summed E-state index contributed by atoms with van der Waals surface area (Å²) in [5.41, 5.74) is 9.22. The van der Waals surface area contributed by atoms with Crippen molar-refractivity contribution in [2.24, 2.45) is 0 Å². The Balaban J connectivity index is 1.30. The molecular weight excluding hydrogens is 540 g/mol. The summed E-state index contributed by atoms with van der Waals surface area (Å²) in [7, 11) is 0. The highest BCUT2D eigenvalue weighted by molar-refractivity contribution is 5.91. The highest BCUT2D eigenvalue weighted by atomic mass is 16.4. The van der Waals surface area contributed by atoms with Crippen molar-refractivity contribution in [1.29, 1.82) is 0 Å². The van der Waals surface area contributed by atoms with Gasteiger partial charge in [-0.25, -0.2) is 29.5 Å². The van der Waals surface area contributed by atoms with Crippen molar-refractivity contribution in [2.45, 2.75) is 33.2 Å². The highest BCUT2D eigenvalue weighted by Crippen LogP contribution is 2.33. The minimum atomic E-state index is -0.966. The van der Waals surface area contributed by atoms with E-state index in [-0.39, 0.29) is 11.6 Å². The number of carboxylic acid groups (broad SMARTS) is 1. The molecule has 9 heteroatoms. The smallest absolute Gasteiger partial charge is 0.335 e. The number of benzene rings is 3. The topological polar surface area (TPSA) is 121 Å². The monoisotopic (exact) mass is 570 g/mol. The molecule has 2 N–H and O–H groups in total. The molecule has 0 fully saturated rings. The largest absolute Gasteiger partial charge is 0.478 e. The van der Waals surface area contributed by atoms with Crippen molar-refractivity contribution < 1.29 is 14.7 Å². The Morgan fingerprint density at radius 2 is 1.70 bits per heavy atom. The normalized spacial score (nSPS) is 12.5. The molecule has 0 aliphatic carbocycles. The summed E-state index contributed by atoms with van der Waals surface area (Å²) in [6.07, 6.45) is 6.26. The van der Waals surface area contributed by atoms with Gasteiger partial charge in [0.25, 0.3) is 0 Å². The molecule has 2 amide bonds. The van der Waals surface area contributed by atoms with E-state index in [2.05, 4.69) is 41.3 Å². The number of fused-ring (bicyclic) bond motifs is 1. The molecule has 0 atom stereocenters. The molecule has 0 saturated carbocycles. The van der Waals surface area contributed by atoms with Gasteiger partial charge in [-0.3, -0.25) is 0 Å². The Bertz CT molecular complexity index is 1820. The molecule has 1 aliphatic heterocycles. The Morgan fingerprint density at radius 1 is 0.930 bits per heavy atom. The lowest BCUT2D eigenvalue weighted by Gasteiger charge is -2.30. The first-order valence-electron chi connectivity index (χ1n) is 14.1. The molecule has 2 aromatic heterocycles. The van der Waals surface area contributed by atoms with Crippen molar-refractivity contribution in [2.75, 3.05) is 11.9 Å². The minimum absolute atomic E-state index is 0.206. The summed E-state index contributed by atoms with van der Waals surface area (Å²) in [4.78, 5) is 44.8. The molecule has 0 spiro atoms. The van der Waals surface area contributed by atoms with Gasteiger partial charge >= 0.3 is 12.0 Å². The lowest BCUT2D eigenvalue weighted by Crippen LogP contribution is -2.39. The van der Waals surface area contributed by atoms with Crippen LogP contribution in [0.2, 0.25) is 0 Å². The van der Waals surface area contributed by atoms with Crippen LogP contribution in [0, 0.1) is 6.92 Å². The molecular formula is C34H30N6O3. The Kier molecular flexibility index (Phi) is 7.61. The summed E-state index contributed by atoms with van der Waals surface area (Å²) >= 11 is 0. The standard InChI is InChI=1S/C34H30N6O3/c1-3-22-14-25(23-8-10-24(11-9-23)33(41)42)16-27(15-22)37-34(43)40-13-12-30-29(19-40)31(28-7-5-4-6-21(28)2)39-32(38-30)26-17-35-20-36-18-26/h4-11,14-18,20H,3,12-13,19H2,1-2H3,(H,37,43)(H,41,42). The van der Waals surface area contributed by atoms with Gasteiger partial charge in [-0.2, -0.15) is 0 Å². The maximum atomic E-state index is 13.6. The number of hydrogen-bond donors (Lipinski definition) is 2. The van der Waals surface area contributed by atoms with Crippen LogP contribution < -0.4 is 5.32 Å². The van der Waals surface area contributed by atoms with Gasteiger partial charge in [0, 0.05) is 42.2 Å². The summed E-state index contributed by atoms with van der Waals surface area (Å²) < 4.78 is 0. The molecule has 5 aromatic rings. The first-order valence-corrected chi connectivity index (χ1v) is 14.1. The van der Waals surface area contributed by atoms with Crippen molar-refractivity contribution in [3.63, 3.8) is 0 Å². The molecule has 0 bridgehead atoms. The number of anilines is 1.